The second kappa shape index (κ2) is 4.43. The summed E-state index contributed by atoms with van der Waals surface area (Å²) in [4.78, 5) is 0. The lowest BCUT2D eigenvalue weighted by Gasteiger charge is -2.24. The maximum atomic E-state index is 12.9. The molecule has 1 aliphatic rings. The van der Waals surface area contributed by atoms with Crippen LogP contribution in [0.3, 0.4) is 0 Å². The summed E-state index contributed by atoms with van der Waals surface area (Å²) in [5, 5.41) is 0. The second-order valence-corrected chi connectivity index (χ2v) is 3.54. The van der Waals surface area contributed by atoms with Crippen molar-refractivity contribution in [3.05, 3.63) is 35.9 Å². The molecule has 0 N–H and O–H groups in total. The molecular formula is C11H11F3O2. The van der Waals surface area contributed by atoms with E-state index in [1.165, 1.54) is 12.1 Å². The van der Waals surface area contributed by atoms with Crippen molar-refractivity contribution in [1.82, 2.24) is 0 Å². The van der Waals surface area contributed by atoms with Crippen molar-refractivity contribution in [3.63, 3.8) is 0 Å². The van der Waals surface area contributed by atoms with E-state index in [4.69, 9.17) is 9.47 Å². The molecule has 1 saturated heterocycles. The van der Waals surface area contributed by atoms with Gasteiger partial charge in [0.25, 0.3) is 0 Å². The highest BCUT2D eigenvalue weighted by Gasteiger charge is 2.48. The highest BCUT2D eigenvalue weighted by Crippen LogP contribution is 2.39. The van der Waals surface area contributed by atoms with Gasteiger partial charge >= 0.3 is 6.18 Å². The number of halogens is 3. The third-order valence-electron chi connectivity index (χ3n) is 2.43. The van der Waals surface area contributed by atoms with E-state index in [-0.39, 0.29) is 18.8 Å². The van der Waals surface area contributed by atoms with Gasteiger partial charge in [0, 0.05) is 0 Å². The predicted molar refractivity (Wildman–Crippen MR) is 50.9 cm³/mol. The number of hydrogen-bond donors (Lipinski definition) is 0. The maximum Gasteiger partial charge on any atom is 0.400 e. The van der Waals surface area contributed by atoms with E-state index in [2.05, 4.69) is 0 Å². The van der Waals surface area contributed by atoms with Crippen LogP contribution in [0.2, 0.25) is 0 Å². The van der Waals surface area contributed by atoms with Crippen LogP contribution in [-0.4, -0.2) is 25.7 Å². The van der Waals surface area contributed by atoms with E-state index < -0.39 is 18.4 Å². The van der Waals surface area contributed by atoms with E-state index in [0.29, 0.717) is 0 Å². The maximum absolute atomic E-state index is 12.9. The fourth-order valence-electron chi connectivity index (χ4n) is 1.73. The van der Waals surface area contributed by atoms with Crippen LogP contribution in [0.15, 0.2) is 30.3 Å². The van der Waals surface area contributed by atoms with Crippen LogP contribution in [0.25, 0.3) is 0 Å². The number of benzene rings is 1. The zero-order valence-corrected chi connectivity index (χ0v) is 8.41. The van der Waals surface area contributed by atoms with Gasteiger partial charge in [0.2, 0.25) is 0 Å². The van der Waals surface area contributed by atoms with Crippen LogP contribution in [-0.2, 0) is 9.47 Å². The summed E-state index contributed by atoms with van der Waals surface area (Å²) >= 11 is 0. The van der Waals surface area contributed by atoms with Crippen molar-refractivity contribution in [2.45, 2.75) is 18.4 Å². The molecule has 1 heterocycles. The third-order valence-corrected chi connectivity index (χ3v) is 2.43. The largest absolute Gasteiger partial charge is 0.400 e. The molecule has 0 spiro atoms. The molecule has 1 fully saturated rings. The molecular weight excluding hydrogens is 221 g/mol. The first-order chi connectivity index (χ1) is 7.59. The second-order valence-electron chi connectivity index (χ2n) is 3.54. The van der Waals surface area contributed by atoms with Crippen LogP contribution in [0, 0.1) is 0 Å². The van der Waals surface area contributed by atoms with Crippen molar-refractivity contribution in [1.29, 1.82) is 0 Å². The highest BCUT2D eigenvalue weighted by molar-refractivity contribution is 5.22. The van der Waals surface area contributed by atoms with Crippen LogP contribution < -0.4 is 0 Å². The highest BCUT2D eigenvalue weighted by atomic mass is 19.4. The molecule has 0 radical (unpaired) electrons. The molecule has 0 bridgehead atoms. The monoisotopic (exact) mass is 232 g/mol. The standard InChI is InChI=1S/C11H11F3O2/c12-11(13,14)9(10-15-6-7-16-10)8-4-2-1-3-5-8/h1-5,9-10H,6-7H2/t9-/m1/s1. The van der Waals surface area contributed by atoms with Crippen molar-refractivity contribution >= 4 is 0 Å². The number of hydrogen-bond acceptors (Lipinski definition) is 2. The van der Waals surface area contributed by atoms with E-state index in [0.717, 1.165) is 0 Å². The van der Waals surface area contributed by atoms with E-state index in [1.807, 2.05) is 0 Å². The molecule has 0 aliphatic carbocycles. The Hall–Kier alpha value is -1.07. The predicted octanol–water partition coefficient (Wildman–Crippen LogP) is 2.71. The minimum Gasteiger partial charge on any atom is -0.349 e. The van der Waals surface area contributed by atoms with Crippen molar-refractivity contribution in [2.24, 2.45) is 0 Å². The normalized spacial score (nSPS) is 19.9. The molecule has 1 aromatic rings. The Morgan fingerprint density at radius 3 is 2.12 bits per heavy atom. The van der Waals surface area contributed by atoms with Crippen molar-refractivity contribution in [3.8, 4) is 0 Å². The first-order valence-corrected chi connectivity index (χ1v) is 4.94. The lowest BCUT2D eigenvalue weighted by atomic mass is 9.98. The van der Waals surface area contributed by atoms with Gasteiger partial charge in [-0.1, -0.05) is 30.3 Å². The van der Waals surface area contributed by atoms with Crippen molar-refractivity contribution in [2.75, 3.05) is 13.2 Å². The summed E-state index contributed by atoms with van der Waals surface area (Å²) in [6, 6.07) is 7.69. The molecule has 88 valence electrons. The van der Waals surface area contributed by atoms with Gasteiger partial charge in [0.05, 0.1) is 13.2 Å². The molecule has 0 saturated carbocycles. The zero-order valence-electron chi connectivity index (χ0n) is 8.41. The molecule has 2 rings (SSSR count). The molecule has 1 aliphatic heterocycles. The molecule has 5 heteroatoms. The molecule has 0 aromatic heterocycles. The SMILES string of the molecule is FC(F)(F)[C@H](c1ccccc1)C1OCCO1. The van der Waals surface area contributed by atoms with E-state index >= 15 is 0 Å². The summed E-state index contributed by atoms with van der Waals surface area (Å²) in [6.45, 7) is 0.425. The minimum absolute atomic E-state index is 0.168. The Labute approximate surface area is 91.0 Å². The Balaban J connectivity index is 2.28. The lowest BCUT2D eigenvalue weighted by Crippen LogP contribution is -2.32. The van der Waals surface area contributed by atoms with Crippen LogP contribution in [0.1, 0.15) is 11.5 Å². The number of rotatable bonds is 2. The lowest BCUT2D eigenvalue weighted by molar-refractivity contribution is -0.207. The summed E-state index contributed by atoms with van der Waals surface area (Å²) in [5.74, 6) is -1.71. The molecule has 0 amide bonds. The zero-order chi connectivity index (χ0) is 11.6. The average molecular weight is 232 g/mol. The molecule has 16 heavy (non-hydrogen) atoms. The topological polar surface area (TPSA) is 18.5 Å². The number of ether oxygens (including phenoxy) is 2. The molecule has 1 aromatic carbocycles. The quantitative estimate of drug-likeness (QED) is 0.780. The Morgan fingerprint density at radius 1 is 1.06 bits per heavy atom. The first kappa shape index (κ1) is 11.4. The fraction of sp³-hybridized carbons (Fsp3) is 0.455. The third kappa shape index (κ3) is 2.36. The summed E-state index contributed by atoms with van der Waals surface area (Å²) in [7, 11) is 0. The van der Waals surface area contributed by atoms with Crippen LogP contribution in [0.5, 0.6) is 0 Å². The molecule has 2 nitrogen and oxygen atoms in total. The first-order valence-electron chi connectivity index (χ1n) is 4.94. The molecule has 0 unspecified atom stereocenters. The van der Waals surface area contributed by atoms with Gasteiger partial charge in [-0.05, 0) is 5.56 Å². The van der Waals surface area contributed by atoms with Gasteiger partial charge in [0.15, 0.2) is 6.29 Å². The van der Waals surface area contributed by atoms with Gasteiger partial charge in [0.1, 0.15) is 5.92 Å². The van der Waals surface area contributed by atoms with Gasteiger partial charge in [-0.3, -0.25) is 0 Å². The summed E-state index contributed by atoms with van der Waals surface area (Å²) in [6.07, 6.45) is -5.58. The summed E-state index contributed by atoms with van der Waals surface area (Å²) < 4.78 is 48.6. The van der Waals surface area contributed by atoms with E-state index in [1.54, 1.807) is 18.2 Å². The smallest absolute Gasteiger partial charge is 0.349 e. The molecule has 1 atom stereocenters. The van der Waals surface area contributed by atoms with Crippen molar-refractivity contribution < 1.29 is 22.6 Å². The van der Waals surface area contributed by atoms with Crippen LogP contribution in [0.4, 0.5) is 13.2 Å². The fourth-order valence-corrected chi connectivity index (χ4v) is 1.73. The minimum atomic E-state index is -4.36. The summed E-state index contributed by atoms with van der Waals surface area (Å²) in [5.41, 5.74) is 0.168. The van der Waals surface area contributed by atoms with Crippen LogP contribution >= 0.6 is 0 Å². The van der Waals surface area contributed by atoms with Gasteiger partial charge in [-0.2, -0.15) is 13.2 Å². The Bertz CT molecular complexity index is 331. The Morgan fingerprint density at radius 2 is 1.62 bits per heavy atom. The average Bonchev–Trinajstić information content (AvgIpc) is 2.71. The van der Waals surface area contributed by atoms with E-state index in [9.17, 15) is 13.2 Å². The van der Waals surface area contributed by atoms with Gasteiger partial charge in [-0.15, -0.1) is 0 Å². The van der Waals surface area contributed by atoms with Gasteiger partial charge < -0.3 is 9.47 Å². The van der Waals surface area contributed by atoms with Gasteiger partial charge in [-0.25, -0.2) is 0 Å². The Kier molecular flexibility index (Phi) is 3.16. The number of alkyl halides is 3.